The van der Waals surface area contributed by atoms with Crippen LogP contribution in [0.4, 0.5) is 0 Å². The summed E-state index contributed by atoms with van der Waals surface area (Å²) in [5.74, 6) is -0.453. The van der Waals surface area contributed by atoms with E-state index in [1.54, 1.807) is 0 Å². The van der Waals surface area contributed by atoms with E-state index < -0.39 is 5.50 Å². The molecule has 0 heterocycles. The predicted octanol–water partition coefficient (Wildman–Crippen LogP) is 1.65. The zero-order valence-corrected chi connectivity index (χ0v) is 15.3. The first-order valence-corrected chi connectivity index (χ1v) is 8.93. The van der Waals surface area contributed by atoms with Crippen molar-refractivity contribution >= 4 is 34.5 Å². The molecule has 1 aromatic carbocycles. The molecule has 3 atom stereocenters. The van der Waals surface area contributed by atoms with Crippen LogP contribution in [0, 0.1) is 5.92 Å². The van der Waals surface area contributed by atoms with E-state index in [0.717, 1.165) is 19.3 Å². The minimum absolute atomic E-state index is 0.00358. The first-order valence-electron chi connectivity index (χ1n) is 8.93. The summed E-state index contributed by atoms with van der Waals surface area (Å²) in [6.45, 7) is 6.06. The summed E-state index contributed by atoms with van der Waals surface area (Å²) in [6.07, 6.45) is 5.70. The van der Waals surface area contributed by atoms with Gasteiger partial charge in [0.1, 0.15) is 35.0 Å². The molecule has 0 bridgehead atoms. The summed E-state index contributed by atoms with van der Waals surface area (Å²) in [5.41, 5.74) is -0.408. The fourth-order valence-electron chi connectivity index (χ4n) is 3.69. The van der Waals surface area contributed by atoms with E-state index in [-0.39, 0.29) is 46.2 Å². The topological polar surface area (TPSA) is 60.7 Å². The van der Waals surface area contributed by atoms with Crippen molar-refractivity contribution in [3.63, 3.8) is 0 Å². The zero-order valence-electron chi connectivity index (χ0n) is 15.3. The number of benzene rings is 1. The molecule has 3 N–H and O–H groups in total. The Morgan fingerprint density at radius 2 is 1.76 bits per heavy atom. The van der Waals surface area contributed by atoms with E-state index in [4.69, 9.17) is 23.5 Å². The Balaban J connectivity index is 2.62. The number of hydrogen-bond donors (Lipinski definition) is 3. The Bertz CT molecular complexity index is 654. The summed E-state index contributed by atoms with van der Waals surface area (Å²) in [7, 11) is 18.2. The summed E-state index contributed by atoms with van der Waals surface area (Å²) in [4.78, 5) is 0. The lowest BCUT2D eigenvalue weighted by molar-refractivity contribution is 0.116. The number of allylic oxidation sites excluding steroid dienone is 2. The van der Waals surface area contributed by atoms with Crippen LogP contribution in [0.15, 0.2) is 11.6 Å². The van der Waals surface area contributed by atoms with Crippen molar-refractivity contribution in [2.75, 3.05) is 0 Å². The van der Waals surface area contributed by atoms with Gasteiger partial charge in [0.15, 0.2) is 0 Å². The zero-order chi connectivity index (χ0) is 18.9. The summed E-state index contributed by atoms with van der Waals surface area (Å²) in [5, 5.41) is 32.0. The number of aliphatic hydroxyl groups is 1. The predicted molar refractivity (Wildman–Crippen MR) is 105 cm³/mol. The molecule has 3 nitrogen and oxygen atoms in total. The van der Waals surface area contributed by atoms with Crippen molar-refractivity contribution in [1.29, 1.82) is 0 Å². The van der Waals surface area contributed by atoms with Gasteiger partial charge in [0, 0.05) is 17.0 Å². The van der Waals surface area contributed by atoms with Crippen LogP contribution in [0.2, 0.25) is 0 Å². The van der Waals surface area contributed by atoms with E-state index in [0.29, 0.717) is 12.0 Å². The van der Waals surface area contributed by atoms with Crippen LogP contribution in [0.25, 0.3) is 0 Å². The number of rotatable bonds is 5. The quantitative estimate of drug-likeness (QED) is 0.567. The number of phenols is 2. The van der Waals surface area contributed by atoms with E-state index in [2.05, 4.69) is 6.92 Å². The van der Waals surface area contributed by atoms with Crippen molar-refractivity contribution in [3.8, 4) is 11.5 Å². The van der Waals surface area contributed by atoms with Gasteiger partial charge in [0.25, 0.3) is 0 Å². The van der Waals surface area contributed by atoms with Crippen LogP contribution in [-0.4, -0.2) is 38.9 Å². The van der Waals surface area contributed by atoms with Crippen molar-refractivity contribution in [1.82, 2.24) is 0 Å². The van der Waals surface area contributed by atoms with Gasteiger partial charge in [-0.1, -0.05) is 49.3 Å². The van der Waals surface area contributed by atoms with Gasteiger partial charge in [0.2, 0.25) is 0 Å². The van der Waals surface area contributed by atoms with Gasteiger partial charge < -0.3 is 15.3 Å². The fourth-order valence-corrected chi connectivity index (χ4v) is 3.69. The maximum absolute atomic E-state index is 10.7. The molecule has 0 spiro atoms. The lowest BCUT2D eigenvalue weighted by Crippen LogP contribution is -2.40. The minimum Gasteiger partial charge on any atom is -0.508 e. The van der Waals surface area contributed by atoms with Crippen molar-refractivity contribution in [2.45, 2.75) is 64.3 Å². The molecule has 1 aliphatic carbocycles. The van der Waals surface area contributed by atoms with E-state index in [1.165, 1.54) is 5.57 Å². The minimum atomic E-state index is -1.80. The molecule has 6 heteroatoms. The fraction of sp³-hybridized carbons (Fsp3) is 0.579. The monoisotopic (exact) mass is 334 g/mol. The van der Waals surface area contributed by atoms with Crippen LogP contribution < -0.4 is 10.9 Å². The molecule has 2 rings (SSSR count). The standard InChI is InChI=1S/C19H25B3O3/c1-4-5-8-19(22,25)14-15(20)17(23)13(18(24)16(14)21)12-9-10(2)6-7-11(12)3/h9,11-12,23-25H,4-8H2,1-3H3. The summed E-state index contributed by atoms with van der Waals surface area (Å²) < 4.78 is 0. The largest absolute Gasteiger partial charge is 0.508 e. The Kier molecular flexibility index (Phi) is 6.03. The second kappa shape index (κ2) is 7.53. The molecule has 3 unspecified atom stereocenters. The molecule has 25 heavy (non-hydrogen) atoms. The van der Waals surface area contributed by atoms with Crippen LogP contribution in [-0.2, 0) is 5.50 Å². The highest BCUT2D eigenvalue weighted by Gasteiger charge is 2.33. The number of phenolic OH excluding ortho intramolecular Hbond substituents is 2. The van der Waals surface area contributed by atoms with Gasteiger partial charge in [-0.05, 0) is 37.7 Å². The van der Waals surface area contributed by atoms with Gasteiger partial charge in [0.05, 0.1) is 0 Å². The van der Waals surface area contributed by atoms with Gasteiger partial charge in [-0.2, -0.15) is 0 Å². The first-order chi connectivity index (χ1) is 11.6. The Morgan fingerprint density at radius 3 is 2.28 bits per heavy atom. The molecular formula is C19H25B3O3. The normalized spacial score (nSPS) is 23.1. The maximum atomic E-state index is 10.7. The molecule has 1 aromatic rings. The Labute approximate surface area is 154 Å². The number of hydrogen-bond acceptors (Lipinski definition) is 3. The lowest BCUT2D eigenvalue weighted by Gasteiger charge is -2.34. The van der Waals surface area contributed by atoms with Gasteiger partial charge in [-0.15, -0.1) is 0 Å². The number of aromatic hydroxyl groups is 2. The SMILES string of the molecule is [B]c1c(O)c(C2C=C(C)CCC2C)c(O)c([B])c1C([B])(O)CCCC. The molecule has 0 aromatic heterocycles. The summed E-state index contributed by atoms with van der Waals surface area (Å²) in [6, 6.07) is 0. The van der Waals surface area contributed by atoms with Crippen LogP contribution in [0.1, 0.15) is 69.9 Å². The second-order valence-electron chi connectivity index (χ2n) is 7.40. The van der Waals surface area contributed by atoms with Gasteiger partial charge in [-0.25, -0.2) is 0 Å². The third-order valence-electron chi connectivity index (χ3n) is 5.31. The highest BCUT2D eigenvalue weighted by molar-refractivity contribution is 6.44. The first kappa shape index (κ1) is 20.0. The third-order valence-corrected chi connectivity index (χ3v) is 5.31. The van der Waals surface area contributed by atoms with E-state index >= 15 is 0 Å². The molecule has 0 saturated carbocycles. The molecule has 0 fully saturated rings. The lowest BCUT2D eigenvalue weighted by atomic mass is 9.62. The van der Waals surface area contributed by atoms with Crippen LogP contribution >= 0.6 is 0 Å². The van der Waals surface area contributed by atoms with E-state index in [1.807, 2.05) is 19.9 Å². The van der Waals surface area contributed by atoms with Crippen LogP contribution in [0.3, 0.4) is 0 Å². The van der Waals surface area contributed by atoms with Gasteiger partial charge in [-0.3, -0.25) is 0 Å². The summed E-state index contributed by atoms with van der Waals surface area (Å²) >= 11 is 0. The molecule has 0 aliphatic heterocycles. The third kappa shape index (κ3) is 3.79. The van der Waals surface area contributed by atoms with Gasteiger partial charge >= 0.3 is 0 Å². The second-order valence-corrected chi connectivity index (χ2v) is 7.40. The number of unbranched alkanes of at least 4 members (excludes halogenated alkanes) is 1. The van der Waals surface area contributed by atoms with Crippen LogP contribution in [0.5, 0.6) is 11.5 Å². The molecule has 0 saturated heterocycles. The smallest absolute Gasteiger partial charge is 0.119 e. The highest BCUT2D eigenvalue weighted by atomic mass is 16.3. The highest BCUT2D eigenvalue weighted by Crippen LogP contribution is 2.43. The van der Waals surface area contributed by atoms with Crippen molar-refractivity contribution in [3.05, 3.63) is 22.8 Å². The van der Waals surface area contributed by atoms with Crippen molar-refractivity contribution in [2.24, 2.45) is 5.92 Å². The Morgan fingerprint density at radius 1 is 1.20 bits per heavy atom. The van der Waals surface area contributed by atoms with Crippen molar-refractivity contribution < 1.29 is 15.3 Å². The Hall–Kier alpha value is -1.29. The molecule has 1 aliphatic rings. The molecular weight excluding hydrogens is 309 g/mol. The molecule has 0 amide bonds. The average molecular weight is 334 g/mol. The maximum Gasteiger partial charge on any atom is 0.119 e. The molecule has 128 valence electrons. The average Bonchev–Trinajstić information content (AvgIpc) is 2.54. The van der Waals surface area contributed by atoms with E-state index in [9.17, 15) is 15.3 Å². The molecule has 6 radical (unpaired) electrons.